The van der Waals surface area contributed by atoms with E-state index < -0.39 is 59.0 Å². The van der Waals surface area contributed by atoms with Crippen molar-refractivity contribution in [2.45, 2.75) is 24.5 Å². The number of hydrogen-bond acceptors (Lipinski definition) is 12. The molecular formula is C32H24N6O9. The monoisotopic (exact) mass is 636 g/mol. The number of rotatable bonds is 8. The summed E-state index contributed by atoms with van der Waals surface area (Å²) in [5.41, 5.74) is 0.449. The van der Waals surface area contributed by atoms with Crippen molar-refractivity contribution in [3.05, 3.63) is 124 Å². The highest BCUT2D eigenvalue weighted by atomic mass is 16.7. The number of hydrogen-bond donors (Lipinski definition) is 0. The number of amides is 2. The molecule has 7 rings (SSSR count). The number of benzene rings is 3. The SMILES string of the molecule is O=C(OC[C@H]1O[C@@H](n2cnc3c(N(C(=O)c4ccccc4)C(=O)c4ccccc4)nc([N+](=O)[O-])nc32)[C@@H]2OCO[C@@H]21)c1ccccc1. The lowest BCUT2D eigenvalue weighted by atomic mass is 10.1. The van der Waals surface area contributed by atoms with Gasteiger partial charge in [-0.25, -0.2) is 14.7 Å². The second-order valence-electron chi connectivity index (χ2n) is 10.5. The molecule has 0 N–H and O–H groups in total. The van der Waals surface area contributed by atoms with Crippen molar-refractivity contribution in [1.29, 1.82) is 0 Å². The Kier molecular flexibility index (Phi) is 7.91. The number of nitro groups is 1. The van der Waals surface area contributed by atoms with Crippen LogP contribution in [0.2, 0.25) is 0 Å². The molecule has 0 radical (unpaired) electrons. The highest BCUT2D eigenvalue weighted by Crippen LogP contribution is 2.39. The molecular weight excluding hydrogens is 612 g/mol. The van der Waals surface area contributed by atoms with E-state index in [2.05, 4.69) is 15.0 Å². The number of nitrogens with zero attached hydrogens (tertiary/aromatic N) is 6. The fourth-order valence-corrected chi connectivity index (χ4v) is 5.48. The van der Waals surface area contributed by atoms with Gasteiger partial charge in [-0.15, -0.1) is 0 Å². The van der Waals surface area contributed by atoms with Gasteiger partial charge in [0.05, 0.1) is 5.56 Å². The molecule has 5 aromatic rings. The maximum absolute atomic E-state index is 13.9. The van der Waals surface area contributed by atoms with E-state index in [9.17, 15) is 24.5 Å². The molecule has 2 aromatic heterocycles. The Balaban J connectivity index is 1.28. The summed E-state index contributed by atoms with van der Waals surface area (Å²) in [7, 11) is 0. The Morgan fingerprint density at radius 3 is 2.02 bits per heavy atom. The molecule has 2 aliphatic heterocycles. The Morgan fingerprint density at radius 2 is 1.43 bits per heavy atom. The zero-order valence-corrected chi connectivity index (χ0v) is 24.3. The zero-order valence-electron chi connectivity index (χ0n) is 24.3. The largest absolute Gasteiger partial charge is 0.473 e. The van der Waals surface area contributed by atoms with Gasteiger partial charge >= 0.3 is 11.9 Å². The van der Waals surface area contributed by atoms with E-state index in [0.717, 1.165) is 4.90 Å². The number of carbonyl (C=O) groups is 3. The van der Waals surface area contributed by atoms with E-state index >= 15 is 0 Å². The van der Waals surface area contributed by atoms with E-state index in [1.54, 1.807) is 66.7 Å². The van der Waals surface area contributed by atoms with Crippen molar-refractivity contribution in [2.75, 3.05) is 18.3 Å². The van der Waals surface area contributed by atoms with Crippen LogP contribution in [-0.2, 0) is 18.9 Å². The van der Waals surface area contributed by atoms with E-state index in [4.69, 9.17) is 18.9 Å². The normalized spacial score (nSPS) is 20.1. The van der Waals surface area contributed by atoms with E-state index in [0.29, 0.717) is 5.56 Å². The van der Waals surface area contributed by atoms with Gasteiger partial charge in [0.2, 0.25) is 5.65 Å². The lowest BCUT2D eigenvalue weighted by molar-refractivity contribution is -0.394. The second-order valence-corrected chi connectivity index (χ2v) is 10.5. The predicted octanol–water partition coefficient (Wildman–Crippen LogP) is 3.72. The summed E-state index contributed by atoms with van der Waals surface area (Å²) in [5, 5.41) is 12.1. The first kappa shape index (κ1) is 29.8. The summed E-state index contributed by atoms with van der Waals surface area (Å²) in [6, 6.07) is 24.4. The van der Waals surface area contributed by atoms with Gasteiger partial charge in [-0.05, 0) is 51.3 Å². The first-order chi connectivity index (χ1) is 22.9. The summed E-state index contributed by atoms with van der Waals surface area (Å²) >= 11 is 0. The molecule has 0 saturated carbocycles. The molecule has 15 nitrogen and oxygen atoms in total. The van der Waals surface area contributed by atoms with Gasteiger partial charge in [0, 0.05) is 11.1 Å². The Hall–Kier alpha value is -5.90. The van der Waals surface area contributed by atoms with Crippen molar-refractivity contribution < 1.29 is 38.3 Å². The quantitative estimate of drug-likeness (QED) is 0.104. The van der Waals surface area contributed by atoms with Gasteiger partial charge in [0.25, 0.3) is 17.6 Å². The van der Waals surface area contributed by atoms with Gasteiger partial charge in [-0.2, -0.15) is 0 Å². The Labute approximate surface area is 265 Å². The van der Waals surface area contributed by atoms with Crippen LogP contribution in [0.3, 0.4) is 0 Å². The number of imide groups is 1. The zero-order chi connectivity index (χ0) is 32.5. The van der Waals surface area contributed by atoms with Crippen LogP contribution in [0.25, 0.3) is 11.2 Å². The van der Waals surface area contributed by atoms with Crippen LogP contribution in [0.4, 0.5) is 11.8 Å². The smallest absolute Gasteiger partial charge is 0.459 e. The van der Waals surface area contributed by atoms with Crippen LogP contribution in [0.15, 0.2) is 97.3 Å². The topological polar surface area (TPSA) is 178 Å². The van der Waals surface area contributed by atoms with Crippen LogP contribution in [0.1, 0.15) is 37.3 Å². The maximum Gasteiger partial charge on any atom is 0.473 e. The van der Waals surface area contributed by atoms with Crippen molar-refractivity contribution in [2.24, 2.45) is 0 Å². The maximum atomic E-state index is 13.9. The fraction of sp³-hybridized carbons (Fsp3) is 0.188. The number of anilines is 1. The van der Waals surface area contributed by atoms with Crippen LogP contribution < -0.4 is 4.90 Å². The number of ether oxygens (including phenoxy) is 4. The molecule has 4 heterocycles. The van der Waals surface area contributed by atoms with Crippen LogP contribution in [0, 0.1) is 10.1 Å². The first-order valence-electron chi connectivity index (χ1n) is 14.4. The molecule has 0 unspecified atom stereocenters. The van der Waals surface area contributed by atoms with Crippen molar-refractivity contribution in [1.82, 2.24) is 19.5 Å². The Bertz CT molecular complexity index is 1920. The lowest BCUT2D eigenvalue weighted by Gasteiger charge is -2.19. The highest BCUT2D eigenvalue weighted by molar-refractivity contribution is 6.27. The molecule has 47 heavy (non-hydrogen) atoms. The number of esters is 1. The van der Waals surface area contributed by atoms with Crippen molar-refractivity contribution in [3.8, 4) is 0 Å². The average Bonchev–Trinajstić information content (AvgIpc) is 3.85. The molecule has 2 amide bonds. The third-order valence-corrected chi connectivity index (χ3v) is 7.68. The minimum atomic E-state index is -0.988. The third kappa shape index (κ3) is 5.58. The van der Waals surface area contributed by atoms with Crippen molar-refractivity contribution >= 4 is 40.7 Å². The fourth-order valence-electron chi connectivity index (χ4n) is 5.48. The molecule has 0 spiro atoms. The summed E-state index contributed by atoms with van der Waals surface area (Å²) < 4.78 is 24.6. The highest BCUT2D eigenvalue weighted by Gasteiger charge is 2.52. The average molecular weight is 637 g/mol. The summed E-state index contributed by atoms with van der Waals surface area (Å²) in [4.78, 5) is 65.0. The Morgan fingerprint density at radius 1 is 0.851 bits per heavy atom. The van der Waals surface area contributed by atoms with Crippen LogP contribution in [0.5, 0.6) is 0 Å². The van der Waals surface area contributed by atoms with E-state index in [1.165, 1.54) is 35.2 Å². The molecule has 0 bridgehead atoms. The molecule has 2 aliphatic rings. The molecule has 4 atom stereocenters. The third-order valence-electron chi connectivity index (χ3n) is 7.68. The minimum absolute atomic E-state index is 0.0731. The van der Waals surface area contributed by atoms with Gasteiger partial charge < -0.3 is 29.1 Å². The molecule has 0 aliphatic carbocycles. The van der Waals surface area contributed by atoms with Gasteiger partial charge in [-0.1, -0.05) is 54.6 Å². The summed E-state index contributed by atoms with van der Waals surface area (Å²) in [6.45, 7) is -0.247. The molecule has 15 heteroatoms. The van der Waals surface area contributed by atoms with E-state index in [1.807, 2.05) is 0 Å². The van der Waals surface area contributed by atoms with Gasteiger partial charge in [0.1, 0.15) is 38.0 Å². The number of imidazole rings is 1. The second kappa shape index (κ2) is 12.5. The first-order valence-corrected chi connectivity index (χ1v) is 14.4. The van der Waals surface area contributed by atoms with Crippen LogP contribution >= 0.6 is 0 Å². The van der Waals surface area contributed by atoms with E-state index in [-0.39, 0.29) is 35.7 Å². The number of fused-ring (bicyclic) bond motifs is 2. The predicted molar refractivity (Wildman–Crippen MR) is 161 cm³/mol. The number of aromatic nitrogens is 4. The lowest BCUT2D eigenvalue weighted by Crippen LogP contribution is -2.38. The molecule has 3 aromatic carbocycles. The molecule has 2 fully saturated rings. The minimum Gasteiger partial charge on any atom is -0.459 e. The summed E-state index contributed by atoms with van der Waals surface area (Å²) in [5.74, 6) is -3.40. The summed E-state index contributed by atoms with van der Waals surface area (Å²) in [6.07, 6.45) is -1.86. The standard InChI is InChI=1S/C32H24N6O9/c39-28(19-10-4-1-5-11-19)37(29(40)20-12-6-2-7-13-20)27-23-26(34-32(35-27)38(42)43)36(17-33-23)30-25-24(45-18-46-25)22(47-30)16-44-31(41)21-14-8-3-9-15-21/h1-15,17,22,24-25,30H,16,18H2/t22-,24-,25-,30-/m1/s1. The number of carbonyl (C=O) groups excluding carboxylic acids is 3. The molecule has 2 saturated heterocycles. The van der Waals surface area contributed by atoms with Gasteiger partial charge in [0.15, 0.2) is 11.7 Å². The van der Waals surface area contributed by atoms with Gasteiger partial charge in [-0.3, -0.25) is 14.2 Å². The van der Waals surface area contributed by atoms with Crippen molar-refractivity contribution in [3.63, 3.8) is 0 Å². The van der Waals surface area contributed by atoms with Crippen LogP contribution in [-0.4, -0.2) is 73.9 Å². The molecule has 236 valence electrons.